The number of aromatic nitrogens is 2. The van der Waals surface area contributed by atoms with Gasteiger partial charge in [-0.15, -0.1) is 0 Å². The average molecular weight is 618 g/mol. The number of imidazole rings is 1. The molecule has 2 aromatic carbocycles. The highest BCUT2D eigenvalue weighted by Gasteiger charge is 2.35. The third-order valence-corrected chi connectivity index (χ3v) is 6.72. The number of para-hydroxylation sites is 2. The van der Waals surface area contributed by atoms with Gasteiger partial charge in [-0.1, -0.05) is 36.0 Å². The van der Waals surface area contributed by atoms with Gasteiger partial charge in [0.25, 0.3) is 5.69 Å². The highest BCUT2D eigenvalue weighted by Crippen LogP contribution is 2.34. The highest BCUT2D eigenvalue weighted by molar-refractivity contribution is 7.98. The number of hydrogen-bond donors (Lipinski definition) is 0. The van der Waals surface area contributed by atoms with E-state index in [2.05, 4.69) is 0 Å². The summed E-state index contributed by atoms with van der Waals surface area (Å²) in [7, 11) is 0. The number of nitro benzene ring substituents is 1. The van der Waals surface area contributed by atoms with Gasteiger partial charge >= 0.3 is 23.9 Å². The molecule has 0 N–H and O–H groups in total. The van der Waals surface area contributed by atoms with Crippen LogP contribution in [0, 0.1) is 10.1 Å². The maximum absolute atomic E-state index is 12.2. The molecule has 3 rings (SSSR count). The van der Waals surface area contributed by atoms with Gasteiger partial charge < -0.3 is 23.7 Å². The smallest absolute Gasteiger partial charge is 0.303 e. The molecule has 0 bridgehead atoms. The van der Waals surface area contributed by atoms with Crippen LogP contribution in [-0.4, -0.2) is 70.4 Å². The Morgan fingerprint density at radius 1 is 0.860 bits per heavy atom. The lowest BCUT2D eigenvalue weighted by Gasteiger charge is -2.32. The second-order valence-electron chi connectivity index (χ2n) is 9.17. The van der Waals surface area contributed by atoms with Gasteiger partial charge in [0.2, 0.25) is 0 Å². The molecule has 15 heteroatoms. The minimum atomic E-state index is -1.22. The monoisotopic (exact) mass is 617 g/mol. The van der Waals surface area contributed by atoms with Crippen molar-refractivity contribution in [3.05, 3.63) is 64.2 Å². The van der Waals surface area contributed by atoms with Crippen molar-refractivity contribution in [2.24, 2.45) is 0 Å². The molecule has 14 nitrogen and oxygen atoms in total. The minimum absolute atomic E-state index is 0.0456. The fourth-order valence-electron chi connectivity index (χ4n) is 3.88. The standard InChI is InChI=1S/C28H31N3O11S/c1-17(32)38-13-23(14-39-18(2)33)42-27(26(41-20(4)35)15-40-19(3)34)30-25-8-6-5-7-24(25)29-28(30)43-16-21-9-11-22(12-10-21)31(36)37/h5-12,23,26-27H,13-16H2,1-4H3/t26-,27?/m0/s1. The number of hydrogen-bond acceptors (Lipinski definition) is 13. The Labute approximate surface area is 250 Å². The van der Waals surface area contributed by atoms with Crippen molar-refractivity contribution in [1.82, 2.24) is 9.55 Å². The fourth-order valence-corrected chi connectivity index (χ4v) is 4.87. The van der Waals surface area contributed by atoms with Crippen LogP contribution in [0.5, 0.6) is 0 Å². The average Bonchev–Trinajstić information content (AvgIpc) is 3.31. The molecule has 3 aromatic rings. The molecule has 0 saturated carbocycles. The van der Waals surface area contributed by atoms with E-state index in [0.29, 0.717) is 21.9 Å². The number of nitro groups is 1. The summed E-state index contributed by atoms with van der Waals surface area (Å²) in [5, 5.41) is 11.5. The zero-order valence-corrected chi connectivity index (χ0v) is 24.7. The van der Waals surface area contributed by atoms with E-state index in [1.807, 2.05) is 0 Å². The first-order valence-electron chi connectivity index (χ1n) is 13.0. The van der Waals surface area contributed by atoms with E-state index >= 15 is 0 Å². The molecule has 230 valence electrons. The minimum Gasteiger partial charge on any atom is -0.463 e. The van der Waals surface area contributed by atoms with Crippen LogP contribution >= 0.6 is 11.8 Å². The Bertz CT molecular complexity index is 1440. The van der Waals surface area contributed by atoms with Crippen LogP contribution < -0.4 is 0 Å². The Hall–Kier alpha value is -4.50. The van der Waals surface area contributed by atoms with Gasteiger partial charge in [0.15, 0.2) is 17.5 Å². The summed E-state index contributed by atoms with van der Waals surface area (Å²) in [6, 6.07) is 13.1. The van der Waals surface area contributed by atoms with Gasteiger partial charge in [-0.05, 0) is 17.7 Å². The molecule has 0 spiro atoms. The predicted octanol–water partition coefficient (Wildman–Crippen LogP) is 3.74. The molecule has 1 heterocycles. The molecule has 0 aliphatic rings. The topological polar surface area (TPSA) is 175 Å². The Morgan fingerprint density at radius 3 is 2.00 bits per heavy atom. The van der Waals surface area contributed by atoms with Crippen molar-refractivity contribution >= 4 is 52.4 Å². The second-order valence-corrected chi connectivity index (χ2v) is 10.1. The zero-order valence-electron chi connectivity index (χ0n) is 23.9. The maximum Gasteiger partial charge on any atom is 0.303 e. The van der Waals surface area contributed by atoms with Crippen LogP contribution in [0.15, 0.2) is 53.7 Å². The molecular weight excluding hydrogens is 586 g/mol. The third kappa shape index (κ3) is 10.1. The molecule has 1 aromatic heterocycles. The summed E-state index contributed by atoms with van der Waals surface area (Å²) in [5.41, 5.74) is 1.85. The van der Waals surface area contributed by atoms with Gasteiger partial charge in [0.05, 0.1) is 16.0 Å². The van der Waals surface area contributed by atoms with Crippen LogP contribution in [-0.2, 0) is 48.6 Å². The summed E-state index contributed by atoms with van der Waals surface area (Å²) < 4.78 is 29.0. The number of fused-ring (bicyclic) bond motifs is 1. The van der Waals surface area contributed by atoms with Gasteiger partial charge in [0.1, 0.15) is 25.9 Å². The van der Waals surface area contributed by atoms with Crippen LogP contribution in [0.25, 0.3) is 11.0 Å². The predicted molar refractivity (Wildman–Crippen MR) is 152 cm³/mol. The van der Waals surface area contributed by atoms with Crippen molar-refractivity contribution in [2.75, 3.05) is 19.8 Å². The highest BCUT2D eigenvalue weighted by atomic mass is 32.2. The molecule has 2 atom stereocenters. The van der Waals surface area contributed by atoms with Crippen LogP contribution in [0.4, 0.5) is 5.69 Å². The molecule has 43 heavy (non-hydrogen) atoms. The number of esters is 4. The zero-order chi connectivity index (χ0) is 31.5. The van der Waals surface area contributed by atoms with Crippen molar-refractivity contribution in [3.63, 3.8) is 0 Å². The van der Waals surface area contributed by atoms with Crippen LogP contribution in [0.2, 0.25) is 0 Å². The lowest BCUT2D eigenvalue weighted by Crippen LogP contribution is -2.40. The van der Waals surface area contributed by atoms with E-state index in [1.54, 1.807) is 41.0 Å². The van der Waals surface area contributed by atoms with E-state index in [4.69, 9.17) is 28.7 Å². The fraction of sp³-hybridized carbons (Fsp3) is 0.393. The van der Waals surface area contributed by atoms with E-state index < -0.39 is 53.8 Å². The van der Waals surface area contributed by atoms with Gasteiger partial charge in [-0.3, -0.25) is 33.9 Å². The van der Waals surface area contributed by atoms with Crippen molar-refractivity contribution in [2.45, 2.75) is 57.0 Å². The van der Waals surface area contributed by atoms with E-state index in [1.165, 1.54) is 51.6 Å². The van der Waals surface area contributed by atoms with Crippen molar-refractivity contribution in [1.29, 1.82) is 0 Å². The van der Waals surface area contributed by atoms with Gasteiger partial charge in [-0.2, -0.15) is 0 Å². The number of ether oxygens (including phenoxy) is 5. The second kappa shape index (κ2) is 15.7. The number of nitrogens with zero attached hydrogens (tertiary/aromatic N) is 3. The first-order chi connectivity index (χ1) is 20.4. The first-order valence-corrected chi connectivity index (χ1v) is 14.0. The molecule has 0 saturated heterocycles. The summed E-state index contributed by atoms with van der Waals surface area (Å²) in [6.45, 7) is 3.78. The summed E-state index contributed by atoms with van der Waals surface area (Å²) in [4.78, 5) is 62.4. The quantitative estimate of drug-likeness (QED) is 0.0793. The number of carbonyl (C=O) groups excluding carboxylic acids is 4. The van der Waals surface area contributed by atoms with E-state index in [-0.39, 0.29) is 18.9 Å². The SMILES string of the molecule is CC(=O)OCC(COC(C)=O)OC([C@H](COC(C)=O)OC(C)=O)n1c(SCc2ccc([N+](=O)[O-])cc2)nc2ccccc21. The third-order valence-electron chi connectivity index (χ3n) is 5.70. The van der Waals surface area contributed by atoms with Gasteiger partial charge in [0, 0.05) is 45.6 Å². The van der Waals surface area contributed by atoms with E-state index in [0.717, 1.165) is 5.56 Å². The lowest BCUT2D eigenvalue weighted by atomic mass is 10.2. The molecule has 0 aliphatic carbocycles. The van der Waals surface area contributed by atoms with Crippen LogP contribution in [0.3, 0.4) is 0 Å². The van der Waals surface area contributed by atoms with Crippen LogP contribution in [0.1, 0.15) is 39.5 Å². The first kappa shape index (κ1) is 33.0. The number of carbonyl (C=O) groups is 4. The van der Waals surface area contributed by atoms with Crippen molar-refractivity contribution in [3.8, 4) is 0 Å². The van der Waals surface area contributed by atoms with Gasteiger partial charge in [-0.25, -0.2) is 4.98 Å². The Balaban J connectivity index is 2.09. The largest absolute Gasteiger partial charge is 0.463 e. The number of rotatable bonds is 15. The Morgan fingerprint density at radius 2 is 1.44 bits per heavy atom. The molecule has 0 aliphatic heterocycles. The maximum atomic E-state index is 12.2. The van der Waals surface area contributed by atoms with Crippen molar-refractivity contribution < 1.29 is 47.8 Å². The molecule has 0 amide bonds. The molecular formula is C28H31N3O11S. The number of non-ortho nitro benzene ring substituents is 1. The number of benzene rings is 2. The normalized spacial score (nSPS) is 12.4. The summed E-state index contributed by atoms with van der Waals surface area (Å²) >= 11 is 1.28. The molecule has 0 radical (unpaired) electrons. The summed E-state index contributed by atoms with van der Waals surface area (Å²) in [6.07, 6.45) is -3.46. The molecule has 0 fully saturated rings. The molecule has 1 unspecified atom stereocenters. The van der Waals surface area contributed by atoms with E-state index in [9.17, 15) is 29.3 Å². The Kier molecular flexibility index (Phi) is 12.0. The lowest BCUT2D eigenvalue weighted by molar-refractivity contribution is -0.384. The summed E-state index contributed by atoms with van der Waals surface area (Å²) in [5.74, 6) is -2.17. The number of thioether (sulfide) groups is 1.